The van der Waals surface area contributed by atoms with Gasteiger partial charge in [0.05, 0.1) is 29.6 Å². The van der Waals surface area contributed by atoms with Crippen molar-refractivity contribution in [1.82, 2.24) is 15.3 Å². The van der Waals surface area contributed by atoms with Crippen molar-refractivity contribution < 1.29 is 14.3 Å². The zero-order valence-electron chi connectivity index (χ0n) is 15.5. The number of imidazole rings is 1. The highest BCUT2D eigenvalue weighted by Crippen LogP contribution is 2.15. The number of amides is 2. The Kier molecular flexibility index (Phi) is 6.91. The summed E-state index contributed by atoms with van der Waals surface area (Å²) in [6.45, 7) is 0.497. The number of nitrogens with zero attached hydrogens (tertiary/aromatic N) is 1. The van der Waals surface area contributed by atoms with Gasteiger partial charge in [-0.2, -0.15) is 0 Å². The Labute approximate surface area is 167 Å². The molecule has 0 aliphatic carbocycles. The van der Waals surface area contributed by atoms with E-state index < -0.39 is 0 Å². The Bertz CT molecular complexity index is 907. The fourth-order valence-electron chi connectivity index (χ4n) is 2.60. The summed E-state index contributed by atoms with van der Waals surface area (Å²) >= 11 is 1.27. The Morgan fingerprint density at radius 1 is 1.07 bits per heavy atom. The van der Waals surface area contributed by atoms with Crippen molar-refractivity contribution in [3.05, 3.63) is 54.4 Å². The third-order valence-corrected chi connectivity index (χ3v) is 4.90. The average molecular weight is 398 g/mol. The molecule has 1 heterocycles. The van der Waals surface area contributed by atoms with Crippen LogP contribution in [0.3, 0.4) is 0 Å². The van der Waals surface area contributed by atoms with E-state index in [1.54, 1.807) is 31.4 Å². The average Bonchev–Trinajstić information content (AvgIpc) is 3.11. The molecule has 8 heteroatoms. The summed E-state index contributed by atoms with van der Waals surface area (Å²) in [7, 11) is 1.59. The second-order valence-corrected chi connectivity index (χ2v) is 7.06. The molecule has 0 saturated heterocycles. The Morgan fingerprint density at radius 3 is 2.57 bits per heavy atom. The molecule has 0 radical (unpaired) electrons. The molecule has 0 bridgehead atoms. The fraction of sp³-hybridized carbons (Fsp3) is 0.250. The van der Waals surface area contributed by atoms with Gasteiger partial charge in [-0.3, -0.25) is 9.59 Å². The van der Waals surface area contributed by atoms with E-state index in [2.05, 4.69) is 20.6 Å². The first-order valence-electron chi connectivity index (χ1n) is 8.86. The lowest BCUT2D eigenvalue weighted by atomic mass is 10.3. The highest BCUT2D eigenvalue weighted by Gasteiger charge is 2.07. The van der Waals surface area contributed by atoms with Crippen LogP contribution in [0.5, 0.6) is 5.75 Å². The third kappa shape index (κ3) is 5.75. The minimum Gasteiger partial charge on any atom is -0.497 e. The standard InChI is InChI=1S/C20H22N4O3S/c1-27-15-8-6-14(7-9-15)22-20(26)13-28-12-19(25)21-11-10-18-23-16-4-2-3-5-17(16)24-18/h2-9H,10-13H2,1H3,(H,21,25)(H,22,26)(H,23,24). The molecule has 2 amide bonds. The summed E-state index contributed by atoms with van der Waals surface area (Å²) in [4.78, 5) is 31.5. The summed E-state index contributed by atoms with van der Waals surface area (Å²) < 4.78 is 5.07. The van der Waals surface area contributed by atoms with Gasteiger partial charge in [-0.05, 0) is 36.4 Å². The number of fused-ring (bicyclic) bond motifs is 1. The van der Waals surface area contributed by atoms with Crippen LogP contribution in [0.25, 0.3) is 11.0 Å². The van der Waals surface area contributed by atoms with Crippen molar-refractivity contribution in [1.29, 1.82) is 0 Å². The number of aromatic amines is 1. The third-order valence-electron chi connectivity index (χ3n) is 3.96. The number of carbonyl (C=O) groups is 2. The predicted molar refractivity (Wildman–Crippen MR) is 112 cm³/mol. The molecular formula is C20H22N4O3S. The van der Waals surface area contributed by atoms with Crippen LogP contribution in [-0.2, 0) is 16.0 Å². The van der Waals surface area contributed by atoms with Crippen molar-refractivity contribution in [3.8, 4) is 5.75 Å². The highest BCUT2D eigenvalue weighted by atomic mass is 32.2. The molecule has 146 valence electrons. The van der Waals surface area contributed by atoms with E-state index in [4.69, 9.17) is 4.74 Å². The molecule has 3 N–H and O–H groups in total. The Balaban J connectivity index is 1.32. The van der Waals surface area contributed by atoms with Gasteiger partial charge in [0.25, 0.3) is 0 Å². The number of benzene rings is 2. The normalized spacial score (nSPS) is 10.6. The second-order valence-electron chi connectivity index (χ2n) is 6.07. The Hall–Kier alpha value is -3.00. The molecule has 0 saturated carbocycles. The van der Waals surface area contributed by atoms with E-state index in [0.717, 1.165) is 22.6 Å². The number of nitrogens with one attached hydrogen (secondary N) is 3. The van der Waals surface area contributed by atoms with Crippen LogP contribution in [0, 0.1) is 0 Å². The molecule has 0 atom stereocenters. The molecule has 0 unspecified atom stereocenters. The van der Waals surface area contributed by atoms with Crippen molar-refractivity contribution in [2.24, 2.45) is 0 Å². The maximum absolute atomic E-state index is 11.9. The van der Waals surface area contributed by atoms with E-state index in [9.17, 15) is 9.59 Å². The van der Waals surface area contributed by atoms with Gasteiger partial charge in [0.15, 0.2) is 0 Å². The molecule has 3 aromatic rings. The van der Waals surface area contributed by atoms with E-state index in [-0.39, 0.29) is 23.3 Å². The number of aromatic nitrogens is 2. The summed E-state index contributed by atoms with van der Waals surface area (Å²) in [5.74, 6) is 1.77. The highest BCUT2D eigenvalue weighted by molar-refractivity contribution is 8.00. The van der Waals surface area contributed by atoms with Gasteiger partial charge >= 0.3 is 0 Å². The lowest BCUT2D eigenvalue weighted by Crippen LogP contribution is -2.28. The zero-order valence-corrected chi connectivity index (χ0v) is 16.3. The molecule has 7 nitrogen and oxygen atoms in total. The number of ether oxygens (including phenoxy) is 1. The summed E-state index contributed by atoms with van der Waals surface area (Å²) in [5, 5.41) is 5.63. The summed E-state index contributed by atoms with van der Waals surface area (Å²) in [6.07, 6.45) is 0.628. The predicted octanol–water partition coefficient (Wildman–Crippen LogP) is 2.60. The van der Waals surface area contributed by atoms with Crippen molar-refractivity contribution in [2.75, 3.05) is 30.5 Å². The first-order valence-corrected chi connectivity index (χ1v) is 10.0. The topological polar surface area (TPSA) is 96.1 Å². The number of carbonyl (C=O) groups excluding carboxylic acids is 2. The first-order chi connectivity index (χ1) is 13.6. The minimum atomic E-state index is -0.148. The van der Waals surface area contributed by atoms with Crippen LogP contribution in [0.15, 0.2) is 48.5 Å². The molecule has 0 fully saturated rings. The number of H-pyrrole nitrogens is 1. The molecule has 0 spiro atoms. The number of thioether (sulfide) groups is 1. The van der Waals surface area contributed by atoms with Crippen LogP contribution in [0.1, 0.15) is 5.82 Å². The molecule has 1 aromatic heterocycles. The number of methoxy groups -OCH3 is 1. The van der Waals surface area contributed by atoms with E-state index in [0.29, 0.717) is 18.7 Å². The van der Waals surface area contributed by atoms with E-state index in [1.165, 1.54) is 11.8 Å². The van der Waals surface area contributed by atoms with Crippen LogP contribution in [0.4, 0.5) is 5.69 Å². The van der Waals surface area contributed by atoms with Gasteiger partial charge < -0.3 is 20.4 Å². The lowest BCUT2D eigenvalue weighted by Gasteiger charge is -2.07. The van der Waals surface area contributed by atoms with Crippen LogP contribution >= 0.6 is 11.8 Å². The van der Waals surface area contributed by atoms with Crippen molar-refractivity contribution in [2.45, 2.75) is 6.42 Å². The molecule has 2 aromatic carbocycles. The minimum absolute atomic E-state index is 0.0987. The largest absolute Gasteiger partial charge is 0.497 e. The van der Waals surface area contributed by atoms with Crippen LogP contribution in [-0.4, -0.2) is 46.9 Å². The van der Waals surface area contributed by atoms with Gasteiger partial charge in [-0.15, -0.1) is 11.8 Å². The van der Waals surface area contributed by atoms with E-state index >= 15 is 0 Å². The maximum atomic E-state index is 11.9. The maximum Gasteiger partial charge on any atom is 0.234 e. The summed E-state index contributed by atoms with van der Waals surface area (Å²) in [5.41, 5.74) is 2.60. The molecular weight excluding hydrogens is 376 g/mol. The lowest BCUT2D eigenvalue weighted by molar-refractivity contribution is -0.118. The molecule has 3 rings (SSSR count). The van der Waals surface area contributed by atoms with Crippen LogP contribution < -0.4 is 15.4 Å². The molecule has 0 aliphatic rings. The summed E-state index contributed by atoms with van der Waals surface area (Å²) in [6, 6.07) is 14.9. The van der Waals surface area contributed by atoms with Gasteiger partial charge in [0.2, 0.25) is 11.8 Å². The molecule has 0 aliphatic heterocycles. The van der Waals surface area contributed by atoms with Crippen molar-refractivity contribution in [3.63, 3.8) is 0 Å². The number of para-hydroxylation sites is 2. The second kappa shape index (κ2) is 9.80. The number of rotatable bonds is 9. The number of hydrogen-bond acceptors (Lipinski definition) is 5. The zero-order chi connectivity index (χ0) is 19.8. The fourth-order valence-corrected chi connectivity index (χ4v) is 3.25. The van der Waals surface area contributed by atoms with Crippen LogP contribution in [0.2, 0.25) is 0 Å². The van der Waals surface area contributed by atoms with Crippen molar-refractivity contribution >= 4 is 40.3 Å². The smallest absolute Gasteiger partial charge is 0.234 e. The first kappa shape index (κ1) is 19.8. The SMILES string of the molecule is COc1ccc(NC(=O)CSCC(=O)NCCc2nc3ccccc3[nH]2)cc1. The Morgan fingerprint density at radius 2 is 1.82 bits per heavy atom. The van der Waals surface area contributed by atoms with Gasteiger partial charge in [-0.1, -0.05) is 12.1 Å². The van der Waals surface area contributed by atoms with Gasteiger partial charge in [-0.25, -0.2) is 4.98 Å². The number of anilines is 1. The monoisotopic (exact) mass is 398 g/mol. The quantitative estimate of drug-likeness (QED) is 0.515. The van der Waals surface area contributed by atoms with E-state index in [1.807, 2.05) is 24.3 Å². The van der Waals surface area contributed by atoms with Gasteiger partial charge in [0.1, 0.15) is 11.6 Å². The molecule has 28 heavy (non-hydrogen) atoms. The van der Waals surface area contributed by atoms with Gasteiger partial charge in [0, 0.05) is 18.7 Å². The number of hydrogen-bond donors (Lipinski definition) is 3.